The molecule has 4 nitrogen and oxygen atoms in total. The van der Waals surface area contributed by atoms with Crippen molar-refractivity contribution in [3.05, 3.63) is 59.7 Å². The van der Waals surface area contributed by atoms with Crippen molar-refractivity contribution < 1.29 is 19.5 Å². The van der Waals surface area contributed by atoms with Gasteiger partial charge in [-0.1, -0.05) is 36.4 Å². The maximum Gasteiger partial charge on any atom is 0.488 e. The molecule has 0 spiro atoms. The lowest BCUT2D eigenvalue weighted by Crippen LogP contribution is -2.29. The highest BCUT2D eigenvalue weighted by molar-refractivity contribution is 6.58. The molecule has 0 saturated heterocycles. The van der Waals surface area contributed by atoms with Crippen LogP contribution >= 0.6 is 0 Å². The van der Waals surface area contributed by atoms with E-state index in [1.54, 1.807) is 24.3 Å². The van der Waals surface area contributed by atoms with Gasteiger partial charge in [0, 0.05) is 0 Å². The summed E-state index contributed by atoms with van der Waals surface area (Å²) >= 11 is 0. The summed E-state index contributed by atoms with van der Waals surface area (Å²) in [5.74, 6) is 0.604. The molecule has 0 amide bonds. The molecule has 2 aromatic carbocycles. The third-order valence-corrected chi connectivity index (χ3v) is 3.65. The van der Waals surface area contributed by atoms with E-state index in [4.69, 9.17) is 9.47 Å². The Labute approximate surface area is 124 Å². The Kier molecular flexibility index (Phi) is 4.24. The fourth-order valence-electron chi connectivity index (χ4n) is 2.55. The molecule has 2 N–H and O–H groups in total. The summed E-state index contributed by atoms with van der Waals surface area (Å²) in [7, 11) is -1.49. The fourth-order valence-corrected chi connectivity index (χ4v) is 2.55. The van der Waals surface area contributed by atoms with Crippen LogP contribution in [0.5, 0.6) is 5.75 Å². The number of ether oxygens (including phenoxy) is 2. The molecule has 0 aromatic heterocycles. The van der Waals surface area contributed by atoms with Gasteiger partial charge in [-0.05, 0) is 35.1 Å². The molecule has 0 radical (unpaired) electrons. The van der Waals surface area contributed by atoms with Crippen molar-refractivity contribution in [1.82, 2.24) is 0 Å². The zero-order valence-electron chi connectivity index (χ0n) is 11.6. The monoisotopic (exact) mass is 284 g/mol. The minimum absolute atomic E-state index is 0.0855. The van der Waals surface area contributed by atoms with E-state index in [2.05, 4.69) is 12.1 Å². The Morgan fingerprint density at radius 3 is 2.86 bits per heavy atom. The van der Waals surface area contributed by atoms with E-state index in [1.165, 1.54) is 11.1 Å². The molecule has 1 unspecified atom stereocenters. The predicted molar refractivity (Wildman–Crippen MR) is 80.6 cm³/mol. The van der Waals surface area contributed by atoms with Gasteiger partial charge in [-0.2, -0.15) is 0 Å². The largest absolute Gasteiger partial charge is 0.491 e. The van der Waals surface area contributed by atoms with Crippen molar-refractivity contribution in [3.63, 3.8) is 0 Å². The molecule has 108 valence electrons. The molecule has 3 rings (SSSR count). The topological polar surface area (TPSA) is 58.9 Å². The van der Waals surface area contributed by atoms with Crippen molar-refractivity contribution in [1.29, 1.82) is 0 Å². The van der Waals surface area contributed by atoms with Gasteiger partial charge in [0.1, 0.15) is 18.5 Å². The van der Waals surface area contributed by atoms with E-state index in [-0.39, 0.29) is 6.10 Å². The molecule has 1 aliphatic rings. The standard InChI is InChI=1S/C16H17BO4/c18-17(19)13-5-3-6-14(10-13)21-11-16-15-7-2-1-4-12(15)8-9-20-16/h1-7,10,16,18-19H,8-9,11H2. The highest BCUT2D eigenvalue weighted by Gasteiger charge is 2.21. The summed E-state index contributed by atoms with van der Waals surface area (Å²) in [4.78, 5) is 0. The van der Waals surface area contributed by atoms with Gasteiger partial charge in [-0.25, -0.2) is 0 Å². The highest BCUT2D eigenvalue weighted by Crippen LogP contribution is 2.27. The van der Waals surface area contributed by atoms with Crippen LogP contribution in [0.2, 0.25) is 0 Å². The van der Waals surface area contributed by atoms with Gasteiger partial charge in [0.15, 0.2) is 0 Å². The second-order valence-electron chi connectivity index (χ2n) is 5.07. The Morgan fingerprint density at radius 2 is 2.00 bits per heavy atom. The summed E-state index contributed by atoms with van der Waals surface area (Å²) in [6.45, 7) is 1.10. The third kappa shape index (κ3) is 3.27. The fraction of sp³-hybridized carbons (Fsp3) is 0.250. The Hall–Kier alpha value is -1.82. The molecule has 1 atom stereocenters. The molecule has 0 saturated carbocycles. The first-order valence-electron chi connectivity index (χ1n) is 7.02. The maximum absolute atomic E-state index is 9.17. The van der Waals surface area contributed by atoms with Gasteiger partial charge < -0.3 is 19.5 Å². The van der Waals surface area contributed by atoms with Gasteiger partial charge in [0.25, 0.3) is 0 Å². The van der Waals surface area contributed by atoms with E-state index < -0.39 is 7.12 Å². The average Bonchev–Trinajstić information content (AvgIpc) is 2.53. The van der Waals surface area contributed by atoms with Crippen molar-refractivity contribution in [2.24, 2.45) is 0 Å². The van der Waals surface area contributed by atoms with E-state index in [9.17, 15) is 10.0 Å². The predicted octanol–water partition coefficient (Wildman–Crippen LogP) is 1.06. The molecule has 0 bridgehead atoms. The van der Waals surface area contributed by atoms with Gasteiger partial charge in [-0.3, -0.25) is 0 Å². The van der Waals surface area contributed by atoms with Crippen molar-refractivity contribution in [3.8, 4) is 5.75 Å². The molecular weight excluding hydrogens is 267 g/mol. The molecule has 1 aliphatic heterocycles. The van der Waals surface area contributed by atoms with E-state index in [1.807, 2.05) is 12.1 Å². The lowest BCUT2D eigenvalue weighted by Gasteiger charge is -2.26. The molecule has 0 aliphatic carbocycles. The normalized spacial score (nSPS) is 17.1. The second kappa shape index (κ2) is 6.31. The van der Waals surface area contributed by atoms with Crippen LogP contribution in [0.15, 0.2) is 48.5 Å². The minimum Gasteiger partial charge on any atom is -0.491 e. The van der Waals surface area contributed by atoms with Gasteiger partial charge in [0.05, 0.1) is 6.61 Å². The Balaban J connectivity index is 1.70. The number of rotatable bonds is 4. The van der Waals surface area contributed by atoms with Gasteiger partial charge >= 0.3 is 7.12 Å². The minimum atomic E-state index is -1.49. The molecule has 1 heterocycles. The van der Waals surface area contributed by atoms with Gasteiger partial charge in [-0.15, -0.1) is 0 Å². The van der Waals surface area contributed by atoms with E-state index >= 15 is 0 Å². The molecular formula is C16H17BO4. The summed E-state index contributed by atoms with van der Waals surface area (Å²) in [5.41, 5.74) is 2.89. The van der Waals surface area contributed by atoms with E-state index in [0.717, 1.165) is 6.42 Å². The first-order valence-corrected chi connectivity index (χ1v) is 7.02. The van der Waals surface area contributed by atoms with Crippen LogP contribution in [0.3, 0.4) is 0 Å². The van der Waals surface area contributed by atoms with Crippen molar-refractivity contribution in [2.45, 2.75) is 12.5 Å². The molecule has 21 heavy (non-hydrogen) atoms. The zero-order valence-corrected chi connectivity index (χ0v) is 11.6. The molecule has 5 heteroatoms. The van der Waals surface area contributed by atoms with E-state index in [0.29, 0.717) is 24.4 Å². The van der Waals surface area contributed by atoms with Crippen LogP contribution in [0.25, 0.3) is 0 Å². The lowest BCUT2D eigenvalue weighted by molar-refractivity contribution is 0.0102. The second-order valence-corrected chi connectivity index (χ2v) is 5.07. The maximum atomic E-state index is 9.17. The quantitative estimate of drug-likeness (QED) is 0.824. The van der Waals surface area contributed by atoms with Crippen LogP contribution in [0, 0.1) is 0 Å². The summed E-state index contributed by atoms with van der Waals surface area (Å²) < 4.78 is 11.5. The number of hydrogen-bond donors (Lipinski definition) is 2. The van der Waals surface area contributed by atoms with Gasteiger partial charge in [0.2, 0.25) is 0 Å². The van der Waals surface area contributed by atoms with Crippen LogP contribution in [-0.4, -0.2) is 30.4 Å². The highest BCUT2D eigenvalue weighted by atomic mass is 16.5. The molecule has 2 aromatic rings. The summed E-state index contributed by atoms with van der Waals surface area (Å²) in [5, 5.41) is 18.3. The number of benzene rings is 2. The van der Waals surface area contributed by atoms with Crippen LogP contribution in [0.1, 0.15) is 17.2 Å². The first kappa shape index (κ1) is 14.1. The Morgan fingerprint density at radius 1 is 1.14 bits per heavy atom. The first-order chi connectivity index (χ1) is 10.2. The van der Waals surface area contributed by atoms with Crippen molar-refractivity contribution in [2.75, 3.05) is 13.2 Å². The molecule has 0 fully saturated rings. The van der Waals surface area contributed by atoms with Crippen molar-refractivity contribution >= 4 is 12.6 Å². The van der Waals surface area contributed by atoms with Crippen LogP contribution in [-0.2, 0) is 11.2 Å². The van der Waals surface area contributed by atoms with Crippen LogP contribution < -0.4 is 10.2 Å². The average molecular weight is 284 g/mol. The number of fused-ring (bicyclic) bond motifs is 1. The number of hydrogen-bond acceptors (Lipinski definition) is 4. The summed E-state index contributed by atoms with van der Waals surface area (Å²) in [6.07, 6.45) is 0.844. The van der Waals surface area contributed by atoms with Crippen LogP contribution in [0.4, 0.5) is 0 Å². The summed E-state index contributed by atoms with van der Waals surface area (Å²) in [6, 6.07) is 15.0. The zero-order chi connectivity index (χ0) is 14.7. The smallest absolute Gasteiger partial charge is 0.488 e. The Bertz CT molecular complexity index is 615. The third-order valence-electron chi connectivity index (χ3n) is 3.65. The lowest BCUT2D eigenvalue weighted by atomic mass is 9.80. The SMILES string of the molecule is OB(O)c1cccc(OCC2OCCc3ccccc32)c1.